The molecule has 0 radical (unpaired) electrons. The van der Waals surface area contributed by atoms with Gasteiger partial charge in [-0.2, -0.15) is 0 Å². The van der Waals surface area contributed by atoms with Crippen LogP contribution in [0.3, 0.4) is 0 Å². The zero-order valence-electron chi connectivity index (χ0n) is 25.4. The molecule has 2 heterocycles. The first-order valence-electron chi connectivity index (χ1n) is 15.2. The van der Waals surface area contributed by atoms with Gasteiger partial charge in [-0.15, -0.1) is 0 Å². The molecule has 0 unspecified atom stereocenters. The fraction of sp³-hybridized carbons (Fsp3) is 0.400. The summed E-state index contributed by atoms with van der Waals surface area (Å²) < 4.78 is 17.4. The van der Waals surface area contributed by atoms with Crippen molar-refractivity contribution >= 4 is 18.1 Å². The summed E-state index contributed by atoms with van der Waals surface area (Å²) in [6.45, 7) is 6.88. The van der Waals surface area contributed by atoms with Crippen molar-refractivity contribution in [2.24, 2.45) is 0 Å². The number of hydrogen-bond donors (Lipinski definition) is 1. The van der Waals surface area contributed by atoms with E-state index in [0.717, 1.165) is 27.8 Å². The number of amides is 3. The Hall–Kier alpha value is -4.37. The van der Waals surface area contributed by atoms with Crippen molar-refractivity contribution in [2.75, 3.05) is 32.8 Å². The molecule has 0 bridgehead atoms. The van der Waals surface area contributed by atoms with Crippen molar-refractivity contribution in [2.45, 2.75) is 56.9 Å². The highest BCUT2D eigenvalue weighted by molar-refractivity contribution is 5.87. The van der Waals surface area contributed by atoms with Gasteiger partial charge in [0.1, 0.15) is 24.4 Å². The molecule has 3 aromatic rings. The number of nitrogens with zero attached hydrogens (tertiary/aromatic N) is 2. The molecule has 6 rings (SSSR count). The average molecular weight is 598 g/mol. The van der Waals surface area contributed by atoms with Crippen molar-refractivity contribution in [3.8, 4) is 11.1 Å². The lowest BCUT2D eigenvalue weighted by Gasteiger charge is -2.36. The molecule has 9 heteroatoms. The van der Waals surface area contributed by atoms with Crippen LogP contribution >= 0.6 is 0 Å². The molecule has 3 aromatic carbocycles. The molecule has 3 atom stereocenters. The van der Waals surface area contributed by atoms with E-state index >= 15 is 0 Å². The minimum Gasteiger partial charge on any atom is -0.449 e. The van der Waals surface area contributed by atoms with Gasteiger partial charge in [-0.1, -0.05) is 78.9 Å². The number of alkyl carbamates (subject to hydrolysis) is 1. The van der Waals surface area contributed by atoms with E-state index in [1.165, 1.54) is 4.90 Å². The maximum absolute atomic E-state index is 13.9. The van der Waals surface area contributed by atoms with Crippen LogP contribution in [-0.2, 0) is 19.0 Å². The number of ether oxygens (including phenoxy) is 3. The van der Waals surface area contributed by atoms with Gasteiger partial charge in [0.15, 0.2) is 0 Å². The molecular formula is C35H39N3O6. The summed E-state index contributed by atoms with van der Waals surface area (Å²) in [6.07, 6.45) is -1.15. The Balaban J connectivity index is 1.13. The van der Waals surface area contributed by atoms with Gasteiger partial charge in [-0.25, -0.2) is 9.59 Å². The molecule has 2 saturated heterocycles. The number of hydrogen-bond acceptors (Lipinski definition) is 6. The van der Waals surface area contributed by atoms with Gasteiger partial charge < -0.3 is 24.4 Å². The highest BCUT2D eigenvalue weighted by atomic mass is 16.6. The smallest absolute Gasteiger partial charge is 0.411 e. The Morgan fingerprint density at radius 1 is 0.886 bits per heavy atom. The number of benzene rings is 3. The van der Waals surface area contributed by atoms with E-state index in [0.29, 0.717) is 19.7 Å². The molecule has 9 nitrogen and oxygen atoms in total. The Kier molecular flexibility index (Phi) is 8.31. The summed E-state index contributed by atoms with van der Waals surface area (Å²) in [5, 5.41) is 2.91. The van der Waals surface area contributed by atoms with Gasteiger partial charge in [-0.05, 0) is 55.0 Å². The van der Waals surface area contributed by atoms with Crippen LogP contribution in [0.2, 0.25) is 0 Å². The van der Waals surface area contributed by atoms with Crippen molar-refractivity contribution in [1.82, 2.24) is 15.1 Å². The molecule has 3 aliphatic rings. The van der Waals surface area contributed by atoms with E-state index in [4.69, 9.17) is 14.2 Å². The summed E-state index contributed by atoms with van der Waals surface area (Å²) in [5.41, 5.74) is 4.82. The molecule has 44 heavy (non-hydrogen) atoms. The third kappa shape index (κ3) is 6.28. The van der Waals surface area contributed by atoms with Crippen LogP contribution in [-0.4, -0.2) is 78.4 Å². The Labute approximate surface area is 258 Å². The van der Waals surface area contributed by atoms with Crippen LogP contribution < -0.4 is 5.32 Å². The first-order chi connectivity index (χ1) is 21.2. The minimum absolute atomic E-state index is 0.0665. The van der Waals surface area contributed by atoms with Gasteiger partial charge >= 0.3 is 12.2 Å². The van der Waals surface area contributed by atoms with E-state index in [2.05, 4.69) is 29.6 Å². The third-order valence-electron chi connectivity index (χ3n) is 8.43. The predicted octanol–water partition coefficient (Wildman–Crippen LogP) is 5.50. The molecule has 2 aliphatic heterocycles. The normalized spacial score (nSPS) is 21.4. The van der Waals surface area contributed by atoms with Crippen LogP contribution in [0.1, 0.15) is 55.9 Å². The first kappa shape index (κ1) is 29.7. The average Bonchev–Trinajstić information content (AvgIpc) is 3.59. The minimum atomic E-state index is -0.779. The number of likely N-dealkylation sites (tertiary alicyclic amines) is 1. The zero-order chi connectivity index (χ0) is 30.8. The monoisotopic (exact) mass is 597 g/mol. The summed E-state index contributed by atoms with van der Waals surface area (Å²) in [4.78, 5) is 43.4. The summed E-state index contributed by atoms with van der Waals surface area (Å²) >= 11 is 0. The van der Waals surface area contributed by atoms with Crippen LogP contribution in [0, 0.1) is 0 Å². The van der Waals surface area contributed by atoms with Crippen LogP contribution in [0.25, 0.3) is 11.1 Å². The largest absolute Gasteiger partial charge is 0.449 e. The lowest BCUT2D eigenvalue weighted by atomic mass is 9.98. The number of nitrogens with one attached hydrogen (secondary N) is 1. The Morgan fingerprint density at radius 3 is 2.18 bits per heavy atom. The van der Waals surface area contributed by atoms with Crippen LogP contribution in [0.5, 0.6) is 0 Å². The van der Waals surface area contributed by atoms with Gasteiger partial charge in [-0.3, -0.25) is 9.69 Å². The van der Waals surface area contributed by atoms with E-state index < -0.39 is 29.9 Å². The van der Waals surface area contributed by atoms with Crippen LogP contribution in [0.15, 0.2) is 78.9 Å². The lowest BCUT2D eigenvalue weighted by molar-refractivity contribution is -0.143. The Morgan fingerprint density at radius 2 is 1.52 bits per heavy atom. The molecule has 2 fully saturated rings. The molecule has 0 spiro atoms. The zero-order valence-corrected chi connectivity index (χ0v) is 25.4. The van der Waals surface area contributed by atoms with Crippen molar-refractivity contribution in [3.05, 3.63) is 95.6 Å². The molecule has 1 N–H and O–H groups in total. The summed E-state index contributed by atoms with van der Waals surface area (Å²) in [5.74, 6) is -0.250. The van der Waals surface area contributed by atoms with E-state index in [9.17, 15) is 14.4 Å². The summed E-state index contributed by atoms with van der Waals surface area (Å²) in [7, 11) is 0. The number of carbonyl (C=O) groups is 3. The van der Waals surface area contributed by atoms with E-state index in [-0.39, 0.29) is 37.5 Å². The maximum atomic E-state index is 13.9. The maximum Gasteiger partial charge on any atom is 0.411 e. The highest BCUT2D eigenvalue weighted by Crippen LogP contribution is 2.44. The van der Waals surface area contributed by atoms with E-state index in [1.807, 2.05) is 54.6 Å². The fourth-order valence-electron chi connectivity index (χ4n) is 6.43. The van der Waals surface area contributed by atoms with Gasteiger partial charge in [0.25, 0.3) is 0 Å². The second-order valence-corrected chi connectivity index (χ2v) is 12.6. The number of carbonyl (C=O) groups excluding carboxylic acids is 3. The van der Waals surface area contributed by atoms with Gasteiger partial charge in [0, 0.05) is 19.0 Å². The molecule has 0 aromatic heterocycles. The molecule has 0 saturated carbocycles. The standard InChI is InChI=1S/C35H39N3O6/c1-35(2,3)44-34(41)38-20-24(19-30(38)32(39)37-17-18-42-31(21-37)23-11-5-4-6-12-23)36-33(40)43-22-29-27-15-9-7-13-25(27)26-14-8-10-16-28(26)29/h4-16,24,29-31H,17-22H2,1-3H3,(H,36,40)/t24-,30-,31-/m0/s1. The fourth-order valence-corrected chi connectivity index (χ4v) is 6.43. The number of rotatable bonds is 5. The van der Waals surface area contributed by atoms with Crippen molar-refractivity contribution in [1.29, 1.82) is 0 Å². The Bertz CT molecular complexity index is 1470. The number of morpholine rings is 1. The highest BCUT2D eigenvalue weighted by Gasteiger charge is 2.44. The molecule has 3 amide bonds. The van der Waals surface area contributed by atoms with Crippen molar-refractivity contribution < 1.29 is 28.6 Å². The molecular weight excluding hydrogens is 558 g/mol. The SMILES string of the molecule is CC(C)(C)OC(=O)N1C[C@@H](NC(=O)OCC2c3ccccc3-c3ccccc32)C[C@H]1C(=O)N1CCO[C@H](c2ccccc2)C1. The molecule has 230 valence electrons. The predicted molar refractivity (Wildman–Crippen MR) is 165 cm³/mol. The molecule has 1 aliphatic carbocycles. The summed E-state index contributed by atoms with van der Waals surface area (Å²) in [6, 6.07) is 24.9. The van der Waals surface area contributed by atoms with Gasteiger partial charge in [0.05, 0.1) is 19.2 Å². The van der Waals surface area contributed by atoms with Crippen LogP contribution in [0.4, 0.5) is 9.59 Å². The second-order valence-electron chi connectivity index (χ2n) is 12.6. The number of fused-ring (bicyclic) bond motifs is 3. The van der Waals surface area contributed by atoms with E-state index in [1.54, 1.807) is 25.7 Å². The van der Waals surface area contributed by atoms with Crippen molar-refractivity contribution in [3.63, 3.8) is 0 Å². The second kappa shape index (κ2) is 12.3. The topological polar surface area (TPSA) is 97.4 Å². The van der Waals surface area contributed by atoms with Gasteiger partial charge in [0.2, 0.25) is 5.91 Å². The lowest BCUT2D eigenvalue weighted by Crippen LogP contribution is -2.52. The quantitative estimate of drug-likeness (QED) is 0.417. The first-order valence-corrected chi connectivity index (χ1v) is 15.2. The third-order valence-corrected chi connectivity index (χ3v) is 8.43.